The van der Waals surface area contributed by atoms with E-state index in [-0.39, 0.29) is 18.2 Å². The van der Waals surface area contributed by atoms with Crippen LogP contribution in [0.25, 0.3) is 0 Å². The van der Waals surface area contributed by atoms with Gasteiger partial charge in [-0.2, -0.15) is 0 Å². The number of carbonyl (C=O) groups excluding carboxylic acids is 1. The predicted octanol–water partition coefficient (Wildman–Crippen LogP) is 2.06. The fourth-order valence-electron chi connectivity index (χ4n) is 2.91. The molecule has 0 radical (unpaired) electrons. The highest BCUT2D eigenvalue weighted by Crippen LogP contribution is 2.26. The number of likely N-dealkylation sites (tertiary alicyclic amines) is 1. The normalized spacial score (nSPS) is 24.4. The van der Waals surface area contributed by atoms with Gasteiger partial charge in [-0.05, 0) is 38.0 Å². The Morgan fingerprint density at radius 3 is 2.67 bits per heavy atom. The summed E-state index contributed by atoms with van der Waals surface area (Å²) < 4.78 is 0. The lowest BCUT2D eigenvalue weighted by molar-refractivity contribution is -0.138. The van der Waals surface area contributed by atoms with Gasteiger partial charge in [0.2, 0.25) is 5.91 Å². The largest absolute Gasteiger partial charge is 0.481 e. The van der Waals surface area contributed by atoms with Gasteiger partial charge in [0.15, 0.2) is 0 Å². The van der Waals surface area contributed by atoms with Crippen LogP contribution in [0.3, 0.4) is 0 Å². The summed E-state index contributed by atoms with van der Waals surface area (Å²) in [6.45, 7) is 1.60. The molecule has 1 atom stereocenters. The van der Waals surface area contributed by atoms with Crippen LogP contribution >= 0.6 is 0 Å². The number of nitrogens with zero attached hydrogens (tertiary/aromatic N) is 1. The summed E-state index contributed by atoms with van der Waals surface area (Å²) in [6.07, 6.45) is 8.88. The number of aliphatic carboxylic acids is 1. The van der Waals surface area contributed by atoms with Crippen LogP contribution in [0.2, 0.25) is 0 Å². The van der Waals surface area contributed by atoms with Crippen LogP contribution in [-0.2, 0) is 9.59 Å². The Kier molecular flexibility index (Phi) is 4.39. The van der Waals surface area contributed by atoms with E-state index >= 15 is 0 Å². The minimum atomic E-state index is -0.738. The molecule has 100 valence electrons. The van der Waals surface area contributed by atoms with Crippen molar-refractivity contribution in [3.05, 3.63) is 12.2 Å². The Balaban J connectivity index is 1.82. The Bertz CT molecular complexity index is 343. The summed E-state index contributed by atoms with van der Waals surface area (Å²) in [5.74, 6) is 0.0369. The molecule has 0 spiro atoms. The van der Waals surface area contributed by atoms with Crippen molar-refractivity contribution in [1.29, 1.82) is 0 Å². The number of piperidine rings is 1. The molecule has 1 aliphatic heterocycles. The lowest BCUT2D eigenvalue weighted by Crippen LogP contribution is -2.42. The van der Waals surface area contributed by atoms with Crippen molar-refractivity contribution in [3.8, 4) is 0 Å². The third-order valence-corrected chi connectivity index (χ3v) is 3.95. The molecule has 0 aromatic heterocycles. The van der Waals surface area contributed by atoms with Gasteiger partial charge in [0, 0.05) is 25.4 Å². The minimum Gasteiger partial charge on any atom is -0.481 e. The average Bonchev–Trinajstić information content (AvgIpc) is 2.89. The molecule has 1 amide bonds. The first-order chi connectivity index (χ1) is 8.66. The lowest BCUT2D eigenvalue weighted by Gasteiger charge is -2.34. The predicted molar refractivity (Wildman–Crippen MR) is 68.0 cm³/mol. The average molecular weight is 251 g/mol. The molecular weight excluding hydrogens is 230 g/mol. The van der Waals surface area contributed by atoms with Gasteiger partial charge in [-0.3, -0.25) is 9.59 Å². The van der Waals surface area contributed by atoms with Gasteiger partial charge >= 0.3 is 5.97 Å². The highest BCUT2D eigenvalue weighted by molar-refractivity contribution is 5.79. The zero-order valence-corrected chi connectivity index (χ0v) is 10.7. The molecule has 1 aliphatic carbocycles. The zero-order valence-electron chi connectivity index (χ0n) is 10.7. The smallest absolute Gasteiger partial charge is 0.303 e. The van der Waals surface area contributed by atoms with Crippen molar-refractivity contribution in [2.75, 3.05) is 13.1 Å². The number of rotatable bonds is 4. The second kappa shape index (κ2) is 6.03. The van der Waals surface area contributed by atoms with E-state index in [1.165, 1.54) is 0 Å². The van der Waals surface area contributed by atoms with Crippen LogP contribution in [0.4, 0.5) is 0 Å². The topological polar surface area (TPSA) is 57.6 Å². The van der Waals surface area contributed by atoms with Crippen molar-refractivity contribution in [2.45, 2.75) is 38.5 Å². The van der Waals surface area contributed by atoms with Crippen molar-refractivity contribution in [2.24, 2.45) is 11.8 Å². The maximum atomic E-state index is 12.3. The van der Waals surface area contributed by atoms with Gasteiger partial charge in [-0.1, -0.05) is 12.2 Å². The van der Waals surface area contributed by atoms with Gasteiger partial charge in [0.05, 0.1) is 0 Å². The number of amides is 1. The number of allylic oxidation sites excluding steroid dienone is 2. The number of hydrogen-bond donors (Lipinski definition) is 1. The van der Waals surface area contributed by atoms with Crippen molar-refractivity contribution >= 4 is 11.9 Å². The highest BCUT2D eigenvalue weighted by Gasteiger charge is 2.29. The fraction of sp³-hybridized carbons (Fsp3) is 0.714. The van der Waals surface area contributed by atoms with Crippen molar-refractivity contribution < 1.29 is 14.7 Å². The van der Waals surface area contributed by atoms with E-state index in [4.69, 9.17) is 5.11 Å². The summed E-state index contributed by atoms with van der Waals surface area (Å²) >= 11 is 0. The highest BCUT2D eigenvalue weighted by atomic mass is 16.4. The molecule has 4 nitrogen and oxygen atoms in total. The van der Waals surface area contributed by atoms with Crippen LogP contribution in [-0.4, -0.2) is 35.0 Å². The quantitative estimate of drug-likeness (QED) is 0.778. The first kappa shape index (κ1) is 13.1. The van der Waals surface area contributed by atoms with Crippen molar-refractivity contribution in [1.82, 2.24) is 4.90 Å². The van der Waals surface area contributed by atoms with Crippen LogP contribution < -0.4 is 0 Å². The molecular formula is C14H21NO3. The molecule has 4 heteroatoms. The van der Waals surface area contributed by atoms with Crippen molar-refractivity contribution in [3.63, 3.8) is 0 Å². The molecule has 1 saturated heterocycles. The SMILES string of the molecule is O=C(O)CC[C@@H]1CCCN(C(=O)C2CC=CC2)C1. The van der Waals surface area contributed by atoms with Gasteiger partial charge in [-0.25, -0.2) is 0 Å². The molecule has 1 heterocycles. The van der Waals surface area contributed by atoms with Crippen LogP contribution in [0, 0.1) is 11.8 Å². The van der Waals surface area contributed by atoms with Gasteiger partial charge < -0.3 is 10.0 Å². The molecule has 2 aliphatic rings. The maximum Gasteiger partial charge on any atom is 0.303 e. The Labute approximate surface area is 108 Å². The molecule has 0 bridgehead atoms. The third kappa shape index (κ3) is 3.34. The van der Waals surface area contributed by atoms with E-state index in [1.54, 1.807) is 0 Å². The minimum absolute atomic E-state index is 0.142. The van der Waals surface area contributed by atoms with E-state index in [2.05, 4.69) is 12.2 Å². The van der Waals surface area contributed by atoms with E-state index < -0.39 is 5.97 Å². The zero-order chi connectivity index (χ0) is 13.0. The van der Waals surface area contributed by atoms with E-state index in [1.807, 2.05) is 4.90 Å². The molecule has 0 aromatic rings. The van der Waals surface area contributed by atoms with Crippen LogP contribution in [0.15, 0.2) is 12.2 Å². The second-order valence-electron chi connectivity index (χ2n) is 5.36. The Morgan fingerprint density at radius 2 is 2.00 bits per heavy atom. The van der Waals surface area contributed by atoms with Crippen LogP contribution in [0.5, 0.6) is 0 Å². The first-order valence-corrected chi connectivity index (χ1v) is 6.82. The number of carbonyl (C=O) groups is 2. The number of carboxylic acid groups (broad SMARTS) is 1. The summed E-state index contributed by atoms with van der Waals surface area (Å²) in [5, 5.41) is 8.70. The molecule has 18 heavy (non-hydrogen) atoms. The van der Waals surface area contributed by atoms with Crippen LogP contribution in [0.1, 0.15) is 38.5 Å². The summed E-state index contributed by atoms with van der Waals surface area (Å²) in [7, 11) is 0. The molecule has 2 rings (SSSR count). The third-order valence-electron chi connectivity index (χ3n) is 3.95. The number of hydrogen-bond acceptors (Lipinski definition) is 2. The second-order valence-corrected chi connectivity index (χ2v) is 5.36. The fourth-order valence-corrected chi connectivity index (χ4v) is 2.91. The standard InChI is InChI=1S/C14H21NO3/c16-13(17)8-7-11-4-3-9-15(10-11)14(18)12-5-1-2-6-12/h1-2,11-12H,3-10H2,(H,16,17)/t11-/m0/s1. The van der Waals surface area contributed by atoms with Gasteiger partial charge in [0.1, 0.15) is 0 Å². The Hall–Kier alpha value is -1.32. The first-order valence-electron chi connectivity index (χ1n) is 6.82. The molecule has 0 saturated carbocycles. The number of carboxylic acids is 1. The van der Waals surface area contributed by atoms with E-state index in [0.29, 0.717) is 12.3 Å². The van der Waals surface area contributed by atoms with Gasteiger partial charge in [-0.15, -0.1) is 0 Å². The summed E-state index contributed by atoms with van der Waals surface area (Å²) in [4.78, 5) is 24.8. The molecule has 1 N–H and O–H groups in total. The molecule has 0 aromatic carbocycles. The Morgan fingerprint density at radius 1 is 1.28 bits per heavy atom. The summed E-state index contributed by atoms with van der Waals surface area (Å²) in [6, 6.07) is 0. The monoisotopic (exact) mass is 251 g/mol. The summed E-state index contributed by atoms with van der Waals surface area (Å²) in [5.41, 5.74) is 0. The van der Waals surface area contributed by atoms with E-state index in [9.17, 15) is 9.59 Å². The lowest BCUT2D eigenvalue weighted by atomic mass is 9.92. The van der Waals surface area contributed by atoms with Gasteiger partial charge in [0.25, 0.3) is 0 Å². The maximum absolute atomic E-state index is 12.3. The van der Waals surface area contributed by atoms with E-state index in [0.717, 1.165) is 38.8 Å². The molecule has 1 fully saturated rings. The molecule has 0 unspecified atom stereocenters.